The number of anilines is 1. The van der Waals surface area contributed by atoms with Crippen LogP contribution < -0.4 is 5.32 Å². The molecule has 10 heteroatoms. The molecule has 0 saturated heterocycles. The van der Waals surface area contributed by atoms with Gasteiger partial charge in [0.25, 0.3) is 0 Å². The van der Waals surface area contributed by atoms with Gasteiger partial charge in [-0.1, -0.05) is 46.7 Å². The number of aryl methyl sites for hydroxylation is 1. The molecular formula is C20H21BrN4O3S2. The highest BCUT2D eigenvalue weighted by atomic mass is 79.9. The van der Waals surface area contributed by atoms with Gasteiger partial charge in [0.05, 0.1) is 18.4 Å². The van der Waals surface area contributed by atoms with E-state index in [0.717, 1.165) is 27.2 Å². The minimum Gasteiger partial charge on any atom is -0.465 e. The smallest absolute Gasteiger partial charge is 0.340 e. The monoisotopic (exact) mass is 508 g/mol. The zero-order valence-electron chi connectivity index (χ0n) is 16.8. The van der Waals surface area contributed by atoms with Gasteiger partial charge in [-0.25, -0.2) is 4.79 Å². The molecule has 1 aromatic carbocycles. The summed E-state index contributed by atoms with van der Waals surface area (Å²) in [6, 6.07) is 9.61. The third kappa shape index (κ3) is 5.11. The molecular weight excluding hydrogens is 488 g/mol. The summed E-state index contributed by atoms with van der Waals surface area (Å²) in [6.45, 7) is 4.69. The maximum atomic E-state index is 12.5. The minimum absolute atomic E-state index is 0.151. The molecule has 0 radical (unpaired) electrons. The van der Waals surface area contributed by atoms with Gasteiger partial charge in [0.1, 0.15) is 5.00 Å². The number of esters is 1. The molecule has 0 atom stereocenters. The van der Waals surface area contributed by atoms with Crippen LogP contribution in [0.4, 0.5) is 5.00 Å². The highest BCUT2D eigenvalue weighted by Crippen LogP contribution is 2.30. The van der Waals surface area contributed by atoms with Gasteiger partial charge in [0.15, 0.2) is 11.0 Å². The van der Waals surface area contributed by atoms with E-state index in [2.05, 4.69) is 31.4 Å². The number of thiophene rings is 1. The number of carbonyl (C=O) groups is 2. The van der Waals surface area contributed by atoms with E-state index >= 15 is 0 Å². The topological polar surface area (TPSA) is 86.1 Å². The number of benzene rings is 1. The van der Waals surface area contributed by atoms with Crippen LogP contribution in [-0.2, 0) is 22.5 Å². The molecule has 3 rings (SSSR count). The lowest BCUT2D eigenvalue weighted by atomic mass is 10.2. The first kappa shape index (κ1) is 22.5. The number of halogens is 1. The normalized spacial score (nSPS) is 10.8. The summed E-state index contributed by atoms with van der Waals surface area (Å²) in [4.78, 5) is 25.5. The number of nitrogens with one attached hydrogen (secondary N) is 1. The third-order valence-corrected chi connectivity index (χ3v) is 6.95. The molecule has 0 fully saturated rings. The number of thioether (sulfide) groups is 1. The van der Waals surface area contributed by atoms with Crippen LogP contribution in [0.5, 0.6) is 0 Å². The molecule has 30 heavy (non-hydrogen) atoms. The Morgan fingerprint density at radius 3 is 2.60 bits per heavy atom. The highest BCUT2D eigenvalue weighted by Gasteiger charge is 2.19. The van der Waals surface area contributed by atoms with Crippen molar-refractivity contribution in [3.05, 3.63) is 45.2 Å². The van der Waals surface area contributed by atoms with Crippen LogP contribution in [0.1, 0.15) is 29.1 Å². The van der Waals surface area contributed by atoms with E-state index in [1.54, 1.807) is 6.07 Å². The molecule has 0 saturated carbocycles. The molecule has 7 nitrogen and oxygen atoms in total. The van der Waals surface area contributed by atoms with Crippen LogP contribution in [0.3, 0.4) is 0 Å². The summed E-state index contributed by atoms with van der Waals surface area (Å²) in [7, 11) is 1.33. The first-order chi connectivity index (χ1) is 14.5. The van der Waals surface area contributed by atoms with Crippen molar-refractivity contribution in [1.82, 2.24) is 14.8 Å². The molecule has 1 N–H and O–H groups in total. The molecule has 0 bridgehead atoms. The van der Waals surface area contributed by atoms with Gasteiger partial charge in [-0.2, -0.15) is 0 Å². The Kier molecular flexibility index (Phi) is 7.68. The van der Waals surface area contributed by atoms with Gasteiger partial charge in [0.2, 0.25) is 5.91 Å². The molecule has 0 spiro atoms. The second-order valence-electron chi connectivity index (χ2n) is 6.19. The standard InChI is InChI=1S/C20H21BrN4O3S2/c1-4-14-10-15(19(27)28-3)18(30-14)22-16(26)11-29-20-24-23-17(25(20)5-2)12-6-8-13(21)9-7-12/h6-10H,4-5,11H2,1-3H3,(H,22,26). The number of nitrogens with zero attached hydrogens (tertiary/aromatic N) is 3. The van der Waals surface area contributed by atoms with E-state index in [1.165, 1.54) is 30.2 Å². The fourth-order valence-electron chi connectivity index (χ4n) is 2.76. The molecule has 0 aliphatic rings. The number of hydrogen-bond donors (Lipinski definition) is 1. The van der Waals surface area contributed by atoms with E-state index in [1.807, 2.05) is 42.7 Å². The number of aromatic nitrogens is 3. The van der Waals surface area contributed by atoms with Crippen LogP contribution in [0, 0.1) is 0 Å². The lowest BCUT2D eigenvalue weighted by Gasteiger charge is -2.08. The summed E-state index contributed by atoms with van der Waals surface area (Å²) < 4.78 is 7.78. The summed E-state index contributed by atoms with van der Waals surface area (Å²) >= 11 is 6.12. The summed E-state index contributed by atoms with van der Waals surface area (Å²) in [6.07, 6.45) is 0.776. The van der Waals surface area contributed by atoms with Gasteiger partial charge >= 0.3 is 5.97 Å². The Bertz CT molecular complexity index is 1050. The van der Waals surface area contributed by atoms with Gasteiger partial charge in [-0.05, 0) is 31.5 Å². The van der Waals surface area contributed by atoms with Crippen molar-refractivity contribution < 1.29 is 14.3 Å². The Hall–Kier alpha value is -2.17. The fourth-order valence-corrected chi connectivity index (χ4v) is 4.82. The van der Waals surface area contributed by atoms with E-state index in [0.29, 0.717) is 22.3 Å². The Balaban J connectivity index is 1.70. The SMILES string of the molecule is CCc1cc(C(=O)OC)c(NC(=O)CSc2nnc(-c3ccc(Br)cc3)n2CC)s1. The number of hydrogen-bond acceptors (Lipinski definition) is 7. The first-order valence-corrected chi connectivity index (χ1v) is 11.9. The largest absolute Gasteiger partial charge is 0.465 e. The van der Waals surface area contributed by atoms with Gasteiger partial charge in [-0.3, -0.25) is 4.79 Å². The van der Waals surface area contributed by atoms with Crippen molar-refractivity contribution in [2.24, 2.45) is 0 Å². The van der Waals surface area contributed by atoms with Crippen LogP contribution >= 0.6 is 39.0 Å². The predicted octanol–water partition coefficient (Wildman–Crippen LogP) is 4.87. The van der Waals surface area contributed by atoms with Gasteiger partial charge in [-0.15, -0.1) is 21.5 Å². The summed E-state index contributed by atoms with van der Waals surface area (Å²) in [5, 5.41) is 12.6. The zero-order valence-corrected chi connectivity index (χ0v) is 20.0. The number of methoxy groups -OCH3 is 1. The molecule has 1 amide bonds. The van der Waals surface area contributed by atoms with Crippen molar-refractivity contribution >= 4 is 55.9 Å². The fraction of sp³-hybridized carbons (Fsp3) is 0.300. The quantitative estimate of drug-likeness (QED) is 0.345. The highest BCUT2D eigenvalue weighted by molar-refractivity contribution is 9.10. The minimum atomic E-state index is -0.459. The maximum absolute atomic E-state index is 12.5. The van der Waals surface area contributed by atoms with E-state index in [4.69, 9.17) is 4.74 Å². The zero-order chi connectivity index (χ0) is 21.7. The lowest BCUT2D eigenvalue weighted by Crippen LogP contribution is -2.16. The predicted molar refractivity (Wildman–Crippen MR) is 123 cm³/mol. The molecule has 0 unspecified atom stereocenters. The Labute approximate surface area is 191 Å². The van der Waals surface area contributed by atoms with Crippen LogP contribution in [0.2, 0.25) is 0 Å². The van der Waals surface area contributed by atoms with Crippen LogP contribution in [0.15, 0.2) is 40.0 Å². The van der Waals surface area contributed by atoms with Crippen molar-refractivity contribution in [2.45, 2.75) is 32.0 Å². The van der Waals surface area contributed by atoms with E-state index in [9.17, 15) is 9.59 Å². The van der Waals surface area contributed by atoms with Crippen molar-refractivity contribution in [3.8, 4) is 11.4 Å². The van der Waals surface area contributed by atoms with Crippen molar-refractivity contribution in [2.75, 3.05) is 18.2 Å². The van der Waals surface area contributed by atoms with Crippen molar-refractivity contribution in [3.63, 3.8) is 0 Å². The number of carbonyl (C=O) groups excluding carboxylic acids is 2. The van der Waals surface area contributed by atoms with Gasteiger partial charge in [0, 0.05) is 21.5 Å². The first-order valence-electron chi connectivity index (χ1n) is 9.29. The number of rotatable bonds is 8. The second kappa shape index (κ2) is 10.2. The molecule has 3 aromatic rings. The average molecular weight is 509 g/mol. The summed E-state index contributed by atoms with van der Waals surface area (Å²) in [5.74, 6) is 0.231. The molecule has 2 aromatic heterocycles. The third-order valence-electron chi connectivity index (χ3n) is 4.26. The molecule has 0 aliphatic carbocycles. The van der Waals surface area contributed by atoms with E-state index in [-0.39, 0.29) is 11.7 Å². The molecule has 158 valence electrons. The Morgan fingerprint density at radius 1 is 1.23 bits per heavy atom. The summed E-state index contributed by atoms with van der Waals surface area (Å²) in [5.41, 5.74) is 1.34. The van der Waals surface area contributed by atoms with Crippen LogP contribution in [-0.4, -0.2) is 39.5 Å². The van der Waals surface area contributed by atoms with Gasteiger partial charge < -0.3 is 14.6 Å². The van der Waals surface area contributed by atoms with Crippen LogP contribution in [0.25, 0.3) is 11.4 Å². The molecule has 2 heterocycles. The second-order valence-corrected chi connectivity index (χ2v) is 9.19. The lowest BCUT2D eigenvalue weighted by molar-refractivity contribution is -0.113. The maximum Gasteiger partial charge on any atom is 0.340 e. The van der Waals surface area contributed by atoms with Crippen molar-refractivity contribution in [1.29, 1.82) is 0 Å². The number of amides is 1. The molecule has 0 aliphatic heterocycles. The average Bonchev–Trinajstić information content (AvgIpc) is 3.35. The number of ether oxygens (including phenoxy) is 1. The van der Waals surface area contributed by atoms with E-state index < -0.39 is 5.97 Å². The Morgan fingerprint density at radius 2 is 1.97 bits per heavy atom.